The van der Waals surface area contributed by atoms with Crippen LogP contribution in [0.15, 0.2) is 18.2 Å². The maximum atomic E-state index is 12.0. The van der Waals surface area contributed by atoms with Gasteiger partial charge in [0.25, 0.3) is 0 Å². The zero-order valence-corrected chi connectivity index (χ0v) is 11.6. The topological polar surface area (TPSA) is 59.6 Å². The molecule has 0 spiro atoms. The fourth-order valence-electron chi connectivity index (χ4n) is 2.68. The van der Waals surface area contributed by atoms with E-state index in [0.717, 1.165) is 42.9 Å². The molecule has 0 aromatic heterocycles. The normalized spacial score (nSPS) is 23.1. The second-order valence-electron chi connectivity index (χ2n) is 5.34. The number of fused-ring (bicyclic) bond motifs is 1. The van der Waals surface area contributed by atoms with Crippen LogP contribution < -0.4 is 20.1 Å². The van der Waals surface area contributed by atoms with E-state index < -0.39 is 0 Å². The number of rotatable bonds is 3. The number of carbonyl (C=O) groups excluding carboxylic acids is 1. The summed E-state index contributed by atoms with van der Waals surface area (Å²) in [6.07, 6.45) is 3.02. The molecule has 1 aromatic carbocycles. The first-order valence-electron chi connectivity index (χ1n) is 7.17. The van der Waals surface area contributed by atoms with Crippen molar-refractivity contribution in [2.45, 2.75) is 38.3 Å². The molecule has 0 bridgehead atoms. The summed E-state index contributed by atoms with van der Waals surface area (Å²) < 4.78 is 10.7. The van der Waals surface area contributed by atoms with Crippen LogP contribution in [0.25, 0.3) is 0 Å². The molecule has 3 rings (SSSR count). The molecule has 1 saturated heterocycles. The van der Waals surface area contributed by atoms with Crippen molar-refractivity contribution in [1.82, 2.24) is 10.6 Å². The van der Waals surface area contributed by atoms with Gasteiger partial charge in [-0.25, -0.2) is 0 Å². The smallest absolute Gasteiger partial charge is 0.237 e. The minimum Gasteiger partial charge on any atom is -0.454 e. The largest absolute Gasteiger partial charge is 0.454 e. The molecule has 2 unspecified atom stereocenters. The van der Waals surface area contributed by atoms with E-state index in [9.17, 15) is 4.79 Å². The van der Waals surface area contributed by atoms with Crippen LogP contribution in [0.5, 0.6) is 11.5 Å². The summed E-state index contributed by atoms with van der Waals surface area (Å²) >= 11 is 0. The Hall–Kier alpha value is -1.75. The number of hydrogen-bond donors (Lipinski definition) is 2. The highest BCUT2D eigenvalue weighted by molar-refractivity contribution is 5.81. The first kappa shape index (κ1) is 13.2. The molecule has 2 aliphatic heterocycles. The van der Waals surface area contributed by atoms with Gasteiger partial charge in [-0.15, -0.1) is 0 Å². The van der Waals surface area contributed by atoms with Gasteiger partial charge in [-0.05, 0) is 43.9 Å². The monoisotopic (exact) mass is 276 g/mol. The molecule has 1 amide bonds. The molecule has 20 heavy (non-hydrogen) atoms. The molecule has 2 N–H and O–H groups in total. The van der Waals surface area contributed by atoms with Crippen LogP contribution in [0.4, 0.5) is 0 Å². The van der Waals surface area contributed by atoms with Crippen LogP contribution in [0.2, 0.25) is 0 Å². The Morgan fingerprint density at radius 1 is 1.30 bits per heavy atom. The number of ether oxygens (including phenoxy) is 2. The van der Waals surface area contributed by atoms with E-state index in [-0.39, 0.29) is 24.8 Å². The van der Waals surface area contributed by atoms with Crippen LogP contribution >= 0.6 is 0 Å². The van der Waals surface area contributed by atoms with Crippen molar-refractivity contribution in [3.8, 4) is 11.5 Å². The lowest BCUT2D eigenvalue weighted by molar-refractivity contribution is -0.123. The molecule has 108 valence electrons. The molecule has 0 radical (unpaired) electrons. The van der Waals surface area contributed by atoms with Crippen molar-refractivity contribution in [2.24, 2.45) is 0 Å². The zero-order valence-electron chi connectivity index (χ0n) is 11.6. The van der Waals surface area contributed by atoms with E-state index in [0.29, 0.717) is 0 Å². The predicted molar refractivity (Wildman–Crippen MR) is 74.8 cm³/mol. The van der Waals surface area contributed by atoms with Crippen molar-refractivity contribution in [1.29, 1.82) is 0 Å². The third-order valence-electron chi connectivity index (χ3n) is 3.88. The van der Waals surface area contributed by atoms with Crippen molar-refractivity contribution in [3.05, 3.63) is 23.8 Å². The van der Waals surface area contributed by atoms with Gasteiger partial charge in [0.1, 0.15) is 0 Å². The van der Waals surface area contributed by atoms with Crippen LogP contribution in [-0.4, -0.2) is 25.3 Å². The minimum absolute atomic E-state index is 0.0957. The fourth-order valence-corrected chi connectivity index (χ4v) is 2.68. The molecule has 5 heteroatoms. The maximum Gasteiger partial charge on any atom is 0.237 e. The number of nitrogens with one attached hydrogen (secondary N) is 2. The van der Waals surface area contributed by atoms with Gasteiger partial charge in [-0.2, -0.15) is 0 Å². The lowest BCUT2D eigenvalue weighted by atomic mass is 10.0. The van der Waals surface area contributed by atoms with E-state index in [1.165, 1.54) is 0 Å². The van der Waals surface area contributed by atoms with Gasteiger partial charge in [0.15, 0.2) is 11.5 Å². The highest BCUT2D eigenvalue weighted by atomic mass is 16.7. The van der Waals surface area contributed by atoms with Gasteiger partial charge in [-0.1, -0.05) is 6.07 Å². The summed E-state index contributed by atoms with van der Waals surface area (Å²) in [5.41, 5.74) is 1.10. The van der Waals surface area contributed by atoms with Gasteiger partial charge in [-0.3, -0.25) is 10.1 Å². The Morgan fingerprint density at radius 3 is 3.05 bits per heavy atom. The summed E-state index contributed by atoms with van der Waals surface area (Å²) in [4.78, 5) is 12.0. The number of carbonyl (C=O) groups is 1. The summed E-state index contributed by atoms with van der Waals surface area (Å²) in [7, 11) is 0. The third kappa shape index (κ3) is 2.72. The average molecular weight is 276 g/mol. The SMILES string of the molecule is CC(NC1CCCCNC1=O)c1ccc2c(c1)OCO2. The molecule has 2 heterocycles. The Kier molecular flexibility index (Phi) is 3.78. The van der Waals surface area contributed by atoms with Crippen LogP contribution in [-0.2, 0) is 4.79 Å². The van der Waals surface area contributed by atoms with Crippen LogP contribution in [0.3, 0.4) is 0 Å². The minimum atomic E-state index is -0.113. The molecule has 2 aliphatic rings. The van der Waals surface area contributed by atoms with E-state index in [4.69, 9.17) is 9.47 Å². The second-order valence-corrected chi connectivity index (χ2v) is 5.34. The zero-order chi connectivity index (χ0) is 13.9. The first-order chi connectivity index (χ1) is 9.74. The van der Waals surface area contributed by atoms with E-state index >= 15 is 0 Å². The average Bonchev–Trinajstić information content (AvgIpc) is 2.83. The molecule has 5 nitrogen and oxygen atoms in total. The lowest BCUT2D eigenvalue weighted by Gasteiger charge is -2.21. The summed E-state index contributed by atoms with van der Waals surface area (Å²) in [5, 5.41) is 6.35. The van der Waals surface area contributed by atoms with Crippen molar-refractivity contribution in [3.63, 3.8) is 0 Å². The van der Waals surface area contributed by atoms with Gasteiger partial charge in [0.05, 0.1) is 6.04 Å². The molecule has 2 atom stereocenters. The summed E-state index contributed by atoms with van der Waals surface area (Å²) in [6.45, 7) is 3.14. The van der Waals surface area contributed by atoms with E-state index in [1.807, 2.05) is 18.2 Å². The quantitative estimate of drug-likeness (QED) is 0.883. The number of benzene rings is 1. The lowest BCUT2D eigenvalue weighted by Crippen LogP contribution is -2.43. The Balaban J connectivity index is 1.69. The van der Waals surface area contributed by atoms with Gasteiger partial charge >= 0.3 is 0 Å². The molecular weight excluding hydrogens is 256 g/mol. The van der Waals surface area contributed by atoms with Gasteiger partial charge in [0.2, 0.25) is 12.7 Å². The highest BCUT2D eigenvalue weighted by Crippen LogP contribution is 2.34. The first-order valence-corrected chi connectivity index (χ1v) is 7.17. The van der Waals surface area contributed by atoms with Gasteiger partial charge < -0.3 is 14.8 Å². The van der Waals surface area contributed by atoms with Crippen molar-refractivity contribution in [2.75, 3.05) is 13.3 Å². The van der Waals surface area contributed by atoms with E-state index in [2.05, 4.69) is 17.6 Å². The number of amides is 1. The Morgan fingerprint density at radius 2 is 2.15 bits per heavy atom. The van der Waals surface area contributed by atoms with E-state index in [1.54, 1.807) is 0 Å². The van der Waals surface area contributed by atoms with Crippen molar-refractivity contribution < 1.29 is 14.3 Å². The Bertz CT molecular complexity index is 504. The van der Waals surface area contributed by atoms with Gasteiger partial charge in [0, 0.05) is 12.6 Å². The predicted octanol–water partition coefficient (Wildman–Crippen LogP) is 1.73. The molecule has 0 saturated carbocycles. The number of hydrogen-bond acceptors (Lipinski definition) is 4. The van der Waals surface area contributed by atoms with Crippen LogP contribution in [0.1, 0.15) is 37.8 Å². The Labute approximate surface area is 118 Å². The van der Waals surface area contributed by atoms with Crippen LogP contribution in [0, 0.1) is 0 Å². The molecule has 1 fully saturated rings. The second kappa shape index (κ2) is 5.71. The molecule has 1 aromatic rings. The molecule has 0 aliphatic carbocycles. The summed E-state index contributed by atoms with van der Waals surface area (Å²) in [6, 6.07) is 5.90. The van der Waals surface area contributed by atoms with Crippen molar-refractivity contribution >= 4 is 5.91 Å². The summed E-state index contributed by atoms with van der Waals surface area (Å²) in [5.74, 6) is 1.67. The fraction of sp³-hybridized carbons (Fsp3) is 0.533. The third-order valence-corrected chi connectivity index (χ3v) is 3.88. The standard InChI is InChI=1S/C15H20N2O3/c1-10(17-12-4-2-3-7-16-15(12)18)11-5-6-13-14(8-11)20-9-19-13/h5-6,8,10,12,17H,2-4,7,9H2,1H3,(H,16,18). The maximum absolute atomic E-state index is 12.0. The molecular formula is C15H20N2O3. The highest BCUT2D eigenvalue weighted by Gasteiger charge is 2.23.